The van der Waals surface area contributed by atoms with Gasteiger partial charge in [0, 0.05) is 24.9 Å². The maximum Gasteiger partial charge on any atom is 0.267 e. The van der Waals surface area contributed by atoms with Crippen molar-refractivity contribution in [1.29, 1.82) is 0 Å². The molecule has 1 amide bonds. The van der Waals surface area contributed by atoms with Gasteiger partial charge in [-0.2, -0.15) is 0 Å². The Bertz CT molecular complexity index is 540. The van der Waals surface area contributed by atoms with Crippen molar-refractivity contribution in [3.8, 4) is 0 Å². The number of carbonyl (C=O) groups excluding carboxylic acids is 1. The Labute approximate surface area is 116 Å². The summed E-state index contributed by atoms with van der Waals surface area (Å²) >= 11 is 5.94. The van der Waals surface area contributed by atoms with Gasteiger partial charge in [0.05, 0.1) is 6.10 Å². The SMILES string of the molecule is COC(CNC(=O)c1ccc[nH]1)c1cccc(Cl)c1. The predicted molar refractivity (Wildman–Crippen MR) is 74.3 cm³/mol. The highest BCUT2D eigenvalue weighted by Crippen LogP contribution is 2.19. The summed E-state index contributed by atoms with van der Waals surface area (Å²) in [5.41, 5.74) is 1.46. The van der Waals surface area contributed by atoms with E-state index >= 15 is 0 Å². The molecule has 2 aromatic rings. The molecule has 5 heteroatoms. The number of H-pyrrole nitrogens is 1. The lowest BCUT2D eigenvalue weighted by molar-refractivity contribution is 0.0824. The highest BCUT2D eigenvalue weighted by atomic mass is 35.5. The van der Waals surface area contributed by atoms with E-state index in [1.54, 1.807) is 31.5 Å². The first kappa shape index (κ1) is 13.6. The Kier molecular flexibility index (Phi) is 4.60. The van der Waals surface area contributed by atoms with E-state index in [1.807, 2.05) is 18.2 Å². The quantitative estimate of drug-likeness (QED) is 0.884. The van der Waals surface area contributed by atoms with E-state index in [0.717, 1.165) is 5.56 Å². The highest BCUT2D eigenvalue weighted by molar-refractivity contribution is 6.30. The normalized spacial score (nSPS) is 12.1. The van der Waals surface area contributed by atoms with E-state index in [9.17, 15) is 4.79 Å². The molecule has 1 aromatic carbocycles. The monoisotopic (exact) mass is 278 g/mol. The molecule has 0 aliphatic heterocycles. The van der Waals surface area contributed by atoms with Gasteiger partial charge in [-0.1, -0.05) is 23.7 Å². The summed E-state index contributed by atoms with van der Waals surface area (Å²) in [4.78, 5) is 14.7. The molecule has 1 heterocycles. The van der Waals surface area contributed by atoms with Crippen molar-refractivity contribution in [1.82, 2.24) is 10.3 Å². The van der Waals surface area contributed by atoms with Crippen LogP contribution in [0.5, 0.6) is 0 Å². The molecule has 19 heavy (non-hydrogen) atoms. The number of carbonyl (C=O) groups is 1. The molecular weight excluding hydrogens is 264 g/mol. The van der Waals surface area contributed by atoms with Gasteiger partial charge < -0.3 is 15.0 Å². The minimum absolute atomic E-state index is 0.158. The largest absolute Gasteiger partial charge is 0.375 e. The molecule has 0 saturated heterocycles. The smallest absolute Gasteiger partial charge is 0.267 e. The third-order valence-electron chi connectivity index (χ3n) is 2.80. The molecule has 1 aromatic heterocycles. The first-order chi connectivity index (χ1) is 9.20. The van der Waals surface area contributed by atoms with Gasteiger partial charge in [0.2, 0.25) is 0 Å². The molecule has 0 bridgehead atoms. The van der Waals surface area contributed by atoms with E-state index < -0.39 is 0 Å². The third kappa shape index (κ3) is 3.59. The van der Waals surface area contributed by atoms with Crippen molar-refractivity contribution in [2.45, 2.75) is 6.10 Å². The molecule has 1 unspecified atom stereocenters. The van der Waals surface area contributed by atoms with E-state index in [4.69, 9.17) is 16.3 Å². The number of rotatable bonds is 5. The molecule has 0 fully saturated rings. The number of ether oxygens (including phenoxy) is 1. The molecular formula is C14H15ClN2O2. The average molecular weight is 279 g/mol. The fraction of sp³-hybridized carbons (Fsp3) is 0.214. The van der Waals surface area contributed by atoms with E-state index in [0.29, 0.717) is 17.3 Å². The molecule has 0 radical (unpaired) electrons. The van der Waals surface area contributed by atoms with Gasteiger partial charge in [-0.3, -0.25) is 4.79 Å². The molecule has 0 aliphatic carbocycles. The Hall–Kier alpha value is -1.78. The Morgan fingerprint density at radius 3 is 2.89 bits per heavy atom. The van der Waals surface area contributed by atoms with Crippen LogP contribution in [0.2, 0.25) is 5.02 Å². The van der Waals surface area contributed by atoms with Gasteiger partial charge >= 0.3 is 0 Å². The average Bonchev–Trinajstić information content (AvgIpc) is 2.93. The highest BCUT2D eigenvalue weighted by Gasteiger charge is 2.13. The number of benzene rings is 1. The molecule has 2 N–H and O–H groups in total. The zero-order chi connectivity index (χ0) is 13.7. The Balaban J connectivity index is 1.98. The number of hydrogen-bond acceptors (Lipinski definition) is 2. The lowest BCUT2D eigenvalue weighted by atomic mass is 10.1. The first-order valence-electron chi connectivity index (χ1n) is 5.90. The zero-order valence-corrected chi connectivity index (χ0v) is 11.3. The van der Waals surface area contributed by atoms with Gasteiger partial charge in [0.25, 0.3) is 5.91 Å². The Morgan fingerprint density at radius 1 is 1.42 bits per heavy atom. The predicted octanol–water partition coefficient (Wildman–Crippen LogP) is 2.79. The van der Waals surface area contributed by atoms with Crippen LogP contribution in [0.3, 0.4) is 0 Å². The van der Waals surface area contributed by atoms with Crippen LogP contribution in [0.25, 0.3) is 0 Å². The summed E-state index contributed by atoms with van der Waals surface area (Å²) in [6.07, 6.45) is 1.48. The number of aromatic nitrogens is 1. The summed E-state index contributed by atoms with van der Waals surface area (Å²) in [6, 6.07) is 10.9. The molecule has 100 valence electrons. The van der Waals surface area contributed by atoms with Crippen molar-refractivity contribution in [3.05, 3.63) is 58.9 Å². The van der Waals surface area contributed by atoms with Crippen molar-refractivity contribution >= 4 is 17.5 Å². The number of amides is 1. The van der Waals surface area contributed by atoms with Gasteiger partial charge in [0.15, 0.2) is 0 Å². The molecule has 1 atom stereocenters. The van der Waals surface area contributed by atoms with Crippen LogP contribution < -0.4 is 5.32 Å². The van der Waals surface area contributed by atoms with Crippen LogP contribution in [0.1, 0.15) is 22.2 Å². The minimum atomic E-state index is -0.224. The van der Waals surface area contributed by atoms with Crippen LogP contribution >= 0.6 is 11.6 Å². The third-order valence-corrected chi connectivity index (χ3v) is 3.03. The molecule has 0 aliphatic rings. The number of hydrogen-bond donors (Lipinski definition) is 2. The lowest BCUT2D eigenvalue weighted by Crippen LogP contribution is -2.29. The van der Waals surface area contributed by atoms with Crippen molar-refractivity contribution in [2.24, 2.45) is 0 Å². The van der Waals surface area contributed by atoms with E-state index in [1.165, 1.54) is 0 Å². The van der Waals surface area contributed by atoms with E-state index in [-0.39, 0.29) is 12.0 Å². The van der Waals surface area contributed by atoms with Crippen molar-refractivity contribution < 1.29 is 9.53 Å². The van der Waals surface area contributed by atoms with Crippen molar-refractivity contribution in [3.63, 3.8) is 0 Å². The number of nitrogens with one attached hydrogen (secondary N) is 2. The second-order valence-corrected chi connectivity index (χ2v) is 4.51. The van der Waals surface area contributed by atoms with Crippen molar-refractivity contribution in [2.75, 3.05) is 13.7 Å². The summed E-state index contributed by atoms with van der Waals surface area (Å²) in [5, 5.41) is 3.46. The van der Waals surface area contributed by atoms with Gasteiger partial charge in [-0.05, 0) is 29.8 Å². The fourth-order valence-electron chi connectivity index (χ4n) is 1.80. The second kappa shape index (κ2) is 6.41. The minimum Gasteiger partial charge on any atom is -0.375 e. The molecule has 0 saturated carbocycles. The van der Waals surface area contributed by atoms with E-state index in [2.05, 4.69) is 10.3 Å². The summed E-state index contributed by atoms with van der Waals surface area (Å²) in [7, 11) is 1.60. The molecule has 4 nitrogen and oxygen atoms in total. The van der Waals surface area contributed by atoms with Gasteiger partial charge in [-0.25, -0.2) is 0 Å². The first-order valence-corrected chi connectivity index (χ1v) is 6.28. The van der Waals surface area contributed by atoms with Crippen LogP contribution in [0, 0.1) is 0 Å². The lowest BCUT2D eigenvalue weighted by Gasteiger charge is -2.16. The number of aromatic amines is 1. The standard InChI is InChI=1S/C14H15ClN2O2/c1-19-13(10-4-2-5-11(15)8-10)9-17-14(18)12-6-3-7-16-12/h2-8,13,16H,9H2,1H3,(H,17,18). The number of halogens is 1. The maximum atomic E-state index is 11.8. The van der Waals surface area contributed by atoms with Crippen LogP contribution in [0.15, 0.2) is 42.6 Å². The zero-order valence-electron chi connectivity index (χ0n) is 10.5. The van der Waals surface area contributed by atoms with Gasteiger partial charge in [0.1, 0.15) is 5.69 Å². The molecule has 2 rings (SSSR count). The second-order valence-electron chi connectivity index (χ2n) is 4.07. The maximum absolute atomic E-state index is 11.8. The topological polar surface area (TPSA) is 54.1 Å². The summed E-state index contributed by atoms with van der Waals surface area (Å²) < 4.78 is 5.38. The summed E-state index contributed by atoms with van der Waals surface area (Å²) in [5.74, 6) is -0.158. The van der Waals surface area contributed by atoms with Gasteiger partial charge in [-0.15, -0.1) is 0 Å². The molecule has 0 spiro atoms. The van der Waals surface area contributed by atoms with Crippen LogP contribution in [0.4, 0.5) is 0 Å². The summed E-state index contributed by atoms with van der Waals surface area (Å²) in [6.45, 7) is 0.384. The fourth-order valence-corrected chi connectivity index (χ4v) is 2.00. The van der Waals surface area contributed by atoms with Crippen LogP contribution in [-0.2, 0) is 4.74 Å². The van der Waals surface area contributed by atoms with Crippen LogP contribution in [-0.4, -0.2) is 24.5 Å². The number of methoxy groups -OCH3 is 1. The Morgan fingerprint density at radius 2 is 2.26 bits per heavy atom.